The van der Waals surface area contributed by atoms with Gasteiger partial charge in [-0.2, -0.15) is 0 Å². The van der Waals surface area contributed by atoms with Crippen LogP contribution in [0, 0.1) is 5.92 Å². The summed E-state index contributed by atoms with van der Waals surface area (Å²) in [7, 11) is 0. The van der Waals surface area contributed by atoms with Crippen molar-refractivity contribution >= 4 is 16.9 Å². The first-order valence-corrected chi connectivity index (χ1v) is 5.05. The molecule has 3 rings (SSSR count). The van der Waals surface area contributed by atoms with E-state index in [2.05, 4.69) is 11.1 Å². The summed E-state index contributed by atoms with van der Waals surface area (Å²) in [4.78, 5) is 13.9. The second kappa shape index (κ2) is 2.86. The van der Waals surface area contributed by atoms with Crippen molar-refractivity contribution in [3.05, 3.63) is 36.0 Å². The van der Waals surface area contributed by atoms with Gasteiger partial charge in [0.1, 0.15) is 0 Å². The highest BCUT2D eigenvalue weighted by Gasteiger charge is 2.44. The maximum Gasteiger partial charge on any atom is 0.307 e. The van der Waals surface area contributed by atoms with E-state index in [1.807, 2.05) is 24.4 Å². The molecule has 15 heavy (non-hydrogen) atoms. The van der Waals surface area contributed by atoms with Crippen molar-refractivity contribution in [2.75, 3.05) is 0 Å². The quantitative estimate of drug-likeness (QED) is 0.783. The molecule has 76 valence electrons. The van der Waals surface area contributed by atoms with Gasteiger partial charge in [-0.1, -0.05) is 6.07 Å². The minimum atomic E-state index is -0.672. The van der Waals surface area contributed by atoms with Gasteiger partial charge in [0.05, 0.1) is 5.92 Å². The van der Waals surface area contributed by atoms with Crippen LogP contribution in [0.3, 0.4) is 0 Å². The van der Waals surface area contributed by atoms with Gasteiger partial charge in [-0.25, -0.2) is 0 Å². The second-order valence-corrected chi connectivity index (χ2v) is 4.11. The molecule has 1 aromatic heterocycles. The zero-order valence-corrected chi connectivity index (χ0v) is 8.10. The Kier molecular flexibility index (Phi) is 1.63. The minimum absolute atomic E-state index is 0.165. The van der Waals surface area contributed by atoms with Crippen LogP contribution in [0.1, 0.15) is 17.9 Å². The van der Waals surface area contributed by atoms with Gasteiger partial charge < -0.3 is 10.1 Å². The van der Waals surface area contributed by atoms with Crippen molar-refractivity contribution in [3.63, 3.8) is 0 Å². The lowest BCUT2D eigenvalue weighted by Gasteiger charge is -1.98. The van der Waals surface area contributed by atoms with Crippen LogP contribution >= 0.6 is 0 Å². The molecule has 3 nitrogen and oxygen atoms in total. The topological polar surface area (TPSA) is 53.1 Å². The van der Waals surface area contributed by atoms with E-state index < -0.39 is 5.97 Å². The first-order chi connectivity index (χ1) is 7.25. The van der Waals surface area contributed by atoms with E-state index in [0.717, 1.165) is 22.9 Å². The molecule has 2 atom stereocenters. The van der Waals surface area contributed by atoms with E-state index in [4.69, 9.17) is 5.11 Å². The molecule has 1 aliphatic rings. The summed E-state index contributed by atoms with van der Waals surface area (Å²) in [6.07, 6.45) is 2.68. The third-order valence-corrected chi connectivity index (χ3v) is 3.11. The number of rotatable bonds is 2. The Labute approximate surface area is 86.7 Å². The van der Waals surface area contributed by atoms with Gasteiger partial charge in [-0.15, -0.1) is 0 Å². The third kappa shape index (κ3) is 1.31. The Morgan fingerprint density at radius 3 is 3.00 bits per heavy atom. The SMILES string of the molecule is O=C(O)C1CC1c1ccc2[nH]ccc2c1. The van der Waals surface area contributed by atoms with E-state index >= 15 is 0 Å². The van der Waals surface area contributed by atoms with Crippen molar-refractivity contribution in [2.24, 2.45) is 5.92 Å². The van der Waals surface area contributed by atoms with Crippen LogP contribution in [-0.4, -0.2) is 16.1 Å². The largest absolute Gasteiger partial charge is 0.481 e. The number of benzene rings is 1. The number of carbonyl (C=O) groups is 1. The summed E-state index contributed by atoms with van der Waals surface area (Å²) >= 11 is 0. The van der Waals surface area contributed by atoms with E-state index in [1.165, 1.54) is 0 Å². The van der Waals surface area contributed by atoms with Gasteiger partial charge in [0.15, 0.2) is 0 Å². The number of fused-ring (bicyclic) bond motifs is 1. The van der Waals surface area contributed by atoms with Crippen LogP contribution in [0.25, 0.3) is 10.9 Å². The highest BCUT2D eigenvalue weighted by atomic mass is 16.4. The summed E-state index contributed by atoms with van der Waals surface area (Å²) in [5.41, 5.74) is 2.25. The summed E-state index contributed by atoms with van der Waals surface area (Å²) in [5, 5.41) is 10.0. The molecule has 0 bridgehead atoms. The smallest absolute Gasteiger partial charge is 0.307 e. The van der Waals surface area contributed by atoms with Crippen LogP contribution in [0.2, 0.25) is 0 Å². The number of carboxylic acid groups (broad SMARTS) is 1. The molecule has 2 aromatic rings. The standard InChI is InChI=1S/C12H11NO2/c14-12(15)10-6-9(10)7-1-2-11-8(5-7)3-4-13-11/h1-5,9-10,13H,6H2,(H,14,15). The number of hydrogen-bond acceptors (Lipinski definition) is 1. The summed E-state index contributed by atoms with van der Waals surface area (Å²) in [5.74, 6) is -0.614. The molecule has 1 aromatic carbocycles. The lowest BCUT2D eigenvalue weighted by atomic mass is 10.1. The zero-order chi connectivity index (χ0) is 10.4. The number of aromatic amines is 1. The van der Waals surface area contributed by atoms with Crippen LogP contribution in [0.15, 0.2) is 30.5 Å². The normalized spacial score (nSPS) is 24.3. The van der Waals surface area contributed by atoms with Gasteiger partial charge in [0, 0.05) is 11.7 Å². The Hall–Kier alpha value is -1.77. The van der Waals surface area contributed by atoms with Crippen molar-refractivity contribution in [1.82, 2.24) is 4.98 Å². The predicted octanol–water partition coefficient (Wildman–Crippen LogP) is 2.36. The molecule has 1 fully saturated rings. The van der Waals surface area contributed by atoms with Gasteiger partial charge >= 0.3 is 5.97 Å². The molecular formula is C12H11NO2. The maximum atomic E-state index is 10.8. The minimum Gasteiger partial charge on any atom is -0.481 e. The number of carboxylic acids is 1. The summed E-state index contributed by atoms with van der Waals surface area (Å²) in [6.45, 7) is 0. The molecule has 0 amide bonds. The highest BCUT2D eigenvalue weighted by Crippen LogP contribution is 2.47. The molecule has 1 saturated carbocycles. The van der Waals surface area contributed by atoms with E-state index in [-0.39, 0.29) is 11.8 Å². The molecule has 0 aliphatic heterocycles. The number of hydrogen-bond donors (Lipinski definition) is 2. The van der Waals surface area contributed by atoms with Gasteiger partial charge in [-0.3, -0.25) is 4.79 Å². The zero-order valence-electron chi connectivity index (χ0n) is 8.10. The molecular weight excluding hydrogens is 190 g/mol. The average molecular weight is 201 g/mol. The molecule has 1 heterocycles. The Morgan fingerprint density at radius 1 is 1.40 bits per heavy atom. The van der Waals surface area contributed by atoms with Gasteiger partial charge in [0.2, 0.25) is 0 Å². The number of aromatic nitrogens is 1. The van der Waals surface area contributed by atoms with Crippen LogP contribution < -0.4 is 0 Å². The van der Waals surface area contributed by atoms with E-state index in [0.29, 0.717) is 0 Å². The molecule has 1 aliphatic carbocycles. The van der Waals surface area contributed by atoms with Gasteiger partial charge in [0.25, 0.3) is 0 Å². The first-order valence-electron chi connectivity index (χ1n) is 5.05. The third-order valence-electron chi connectivity index (χ3n) is 3.11. The van der Waals surface area contributed by atoms with Crippen molar-refractivity contribution in [3.8, 4) is 0 Å². The fourth-order valence-electron chi connectivity index (χ4n) is 2.14. The molecule has 2 unspecified atom stereocenters. The fourth-order valence-corrected chi connectivity index (χ4v) is 2.14. The van der Waals surface area contributed by atoms with Crippen molar-refractivity contribution in [1.29, 1.82) is 0 Å². The average Bonchev–Trinajstić information content (AvgIpc) is 2.89. The fraction of sp³-hybridized carbons (Fsp3) is 0.250. The monoisotopic (exact) mass is 201 g/mol. The maximum absolute atomic E-state index is 10.8. The molecule has 0 spiro atoms. The van der Waals surface area contributed by atoms with E-state index in [9.17, 15) is 4.79 Å². The summed E-state index contributed by atoms with van der Waals surface area (Å²) < 4.78 is 0. The van der Waals surface area contributed by atoms with Crippen molar-refractivity contribution in [2.45, 2.75) is 12.3 Å². The number of nitrogens with one attached hydrogen (secondary N) is 1. The second-order valence-electron chi connectivity index (χ2n) is 4.11. The molecule has 0 saturated heterocycles. The van der Waals surface area contributed by atoms with Gasteiger partial charge in [-0.05, 0) is 41.5 Å². The lowest BCUT2D eigenvalue weighted by Crippen LogP contribution is -1.98. The van der Waals surface area contributed by atoms with Crippen LogP contribution in [-0.2, 0) is 4.79 Å². The molecule has 3 heteroatoms. The van der Waals surface area contributed by atoms with Crippen LogP contribution in [0.5, 0.6) is 0 Å². The first kappa shape index (κ1) is 8.53. The highest BCUT2D eigenvalue weighted by molar-refractivity contribution is 5.81. The number of aliphatic carboxylic acids is 1. The van der Waals surface area contributed by atoms with E-state index in [1.54, 1.807) is 0 Å². The Morgan fingerprint density at radius 2 is 2.27 bits per heavy atom. The predicted molar refractivity (Wildman–Crippen MR) is 56.8 cm³/mol. The van der Waals surface area contributed by atoms with Crippen molar-refractivity contribution < 1.29 is 9.90 Å². The Bertz CT molecular complexity index is 529. The lowest BCUT2D eigenvalue weighted by molar-refractivity contribution is -0.138. The number of H-pyrrole nitrogens is 1. The summed E-state index contributed by atoms with van der Waals surface area (Å²) in [6, 6.07) is 8.13. The molecule has 0 radical (unpaired) electrons. The molecule has 2 N–H and O–H groups in total. The van der Waals surface area contributed by atoms with Crippen LogP contribution in [0.4, 0.5) is 0 Å². The Balaban J connectivity index is 1.96.